The number of aromatic nitrogens is 1. The third-order valence-corrected chi connectivity index (χ3v) is 2.27. The fourth-order valence-electron chi connectivity index (χ4n) is 1.00. The number of rotatable bonds is 4. The molecule has 15 heavy (non-hydrogen) atoms. The van der Waals surface area contributed by atoms with Crippen LogP contribution in [0.25, 0.3) is 0 Å². The zero-order valence-corrected chi connectivity index (χ0v) is 10.2. The van der Waals surface area contributed by atoms with E-state index in [-0.39, 0.29) is 0 Å². The molecular weight excluding hydrogens is 230 g/mol. The SMILES string of the molecule is CCCCNC(=S)Nc1ccc(Cl)nc1. The first-order valence-electron chi connectivity index (χ1n) is 4.88. The predicted octanol–water partition coefficient (Wildman–Crippen LogP) is 2.82. The van der Waals surface area contributed by atoms with Gasteiger partial charge in [-0.25, -0.2) is 4.98 Å². The quantitative estimate of drug-likeness (QED) is 0.485. The molecule has 0 aliphatic carbocycles. The largest absolute Gasteiger partial charge is 0.362 e. The molecular formula is C10H14ClN3S. The summed E-state index contributed by atoms with van der Waals surface area (Å²) in [7, 11) is 0. The van der Waals surface area contributed by atoms with Crippen molar-refractivity contribution in [1.82, 2.24) is 10.3 Å². The van der Waals surface area contributed by atoms with Gasteiger partial charge in [0.2, 0.25) is 0 Å². The molecule has 0 atom stereocenters. The van der Waals surface area contributed by atoms with Gasteiger partial charge in [0.1, 0.15) is 5.15 Å². The zero-order chi connectivity index (χ0) is 11.1. The first kappa shape index (κ1) is 12.2. The topological polar surface area (TPSA) is 37.0 Å². The number of thiocarbonyl (C=S) groups is 1. The Bertz CT molecular complexity index is 313. The van der Waals surface area contributed by atoms with Gasteiger partial charge >= 0.3 is 0 Å². The molecule has 0 saturated carbocycles. The number of anilines is 1. The second kappa shape index (κ2) is 6.58. The smallest absolute Gasteiger partial charge is 0.170 e. The summed E-state index contributed by atoms with van der Waals surface area (Å²) in [5.41, 5.74) is 0.841. The number of hydrogen-bond donors (Lipinski definition) is 2. The van der Waals surface area contributed by atoms with Crippen molar-refractivity contribution in [3.8, 4) is 0 Å². The molecule has 3 nitrogen and oxygen atoms in total. The standard InChI is InChI=1S/C10H14ClN3S/c1-2-3-6-12-10(15)14-8-4-5-9(11)13-7-8/h4-5,7H,2-3,6H2,1H3,(H2,12,14,15). The number of pyridine rings is 1. The van der Waals surface area contributed by atoms with E-state index in [4.69, 9.17) is 23.8 Å². The van der Waals surface area contributed by atoms with Crippen LogP contribution in [0.4, 0.5) is 5.69 Å². The highest BCUT2D eigenvalue weighted by molar-refractivity contribution is 7.80. The summed E-state index contributed by atoms with van der Waals surface area (Å²) in [5.74, 6) is 0. The van der Waals surface area contributed by atoms with Crippen LogP contribution in [0, 0.1) is 0 Å². The van der Waals surface area contributed by atoms with E-state index < -0.39 is 0 Å². The Labute approximate surface area is 100 Å². The van der Waals surface area contributed by atoms with Crippen LogP contribution >= 0.6 is 23.8 Å². The Morgan fingerprint density at radius 2 is 2.33 bits per heavy atom. The van der Waals surface area contributed by atoms with Crippen molar-refractivity contribution in [3.05, 3.63) is 23.5 Å². The molecule has 0 unspecified atom stereocenters. The molecule has 82 valence electrons. The van der Waals surface area contributed by atoms with E-state index >= 15 is 0 Å². The highest BCUT2D eigenvalue weighted by Crippen LogP contribution is 2.09. The lowest BCUT2D eigenvalue weighted by molar-refractivity contribution is 0.758. The van der Waals surface area contributed by atoms with E-state index in [0.29, 0.717) is 10.3 Å². The lowest BCUT2D eigenvalue weighted by Crippen LogP contribution is -2.29. The lowest BCUT2D eigenvalue weighted by atomic mass is 10.3. The molecule has 0 bridgehead atoms. The molecule has 0 radical (unpaired) electrons. The summed E-state index contributed by atoms with van der Waals surface area (Å²) >= 11 is 10.8. The predicted molar refractivity (Wildman–Crippen MR) is 68.4 cm³/mol. The highest BCUT2D eigenvalue weighted by Gasteiger charge is 1.96. The lowest BCUT2D eigenvalue weighted by Gasteiger charge is -2.09. The van der Waals surface area contributed by atoms with Crippen molar-refractivity contribution in [2.24, 2.45) is 0 Å². The van der Waals surface area contributed by atoms with Gasteiger partial charge in [0.25, 0.3) is 0 Å². The monoisotopic (exact) mass is 243 g/mol. The van der Waals surface area contributed by atoms with Gasteiger partial charge in [0.05, 0.1) is 11.9 Å². The van der Waals surface area contributed by atoms with Gasteiger partial charge in [0, 0.05) is 6.54 Å². The van der Waals surface area contributed by atoms with Crippen molar-refractivity contribution >= 4 is 34.6 Å². The van der Waals surface area contributed by atoms with Crippen molar-refractivity contribution < 1.29 is 0 Å². The number of nitrogens with zero attached hydrogens (tertiary/aromatic N) is 1. The van der Waals surface area contributed by atoms with Gasteiger partial charge in [0.15, 0.2) is 5.11 Å². The minimum atomic E-state index is 0.477. The van der Waals surface area contributed by atoms with E-state index in [1.54, 1.807) is 12.3 Å². The highest BCUT2D eigenvalue weighted by atomic mass is 35.5. The number of halogens is 1. The molecule has 0 aromatic carbocycles. The maximum absolute atomic E-state index is 5.66. The second-order valence-corrected chi connectivity index (χ2v) is 3.90. The van der Waals surface area contributed by atoms with Crippen LogP contribution in [0.5, 0.6) is 0 Å². The van der Waals surface area contributed by atoms with E-state index in [9.17, 15) is 0 Å². The van der Waals surface area contributed by atoms with E-state index in [1.807, 2.05) is 6.07 Å². The average molecular weight is 244 g/mol. The van der Waals surface area contributed by atoms with Gasteiger partial charge in [-0.15, -0.1) is 0 Å². The van der Waals surface area contributed by atoms with Gasteiger partial charge in [-0.2, -0.15) is 0 Å². The van der Waals surface area contributed by atoms with Gasteiger partial charge < -0.3 is 10.6 Å². The first-order valence-corrected chi connectivity index (χ1v) is 5.67. The Balaban J connectivity index is 2.34. The van der Waals surface area contributed by atoms with Crippen molar-refractivity contribution in [2.45, 2.75) is 19.8 Å². The molecule has 0 aliphatic rings. The van der Waals surface area contributed by atoms with Crippen molar-refractivity contribution in [3.63, 3.8) is 0 Å². The summed E-state index contributed by atoms with van der Waals surface area (Å²) in [5, 5.41) is 7.23. The van der Waals surface area contributed by atoms with E-state index in [2.05, 4.69) is 22.5 Å². The summed E-state index contributed by atoms with van der Waals surface area (Å²) in [6.45, 7) is 3.03. The minimum Gasteiger partial charge on any atom is -0.362 e. The molecule has 0 aliphatic heterocycles. The Morgan fingerprint density at radius 1 is 1.53 bits per heavy atom. The Morgan fingerprint density at radius 3 is 2.93 bits per heavy atom. The van der Waals surface area contributed by atoms with E-state index in [1.165, 1.54) is 0 Å². The molecule has 0 saturated heterocycles. The van der Waals surface area contributed by atoms with Crippen LogP contribution in [-0.2, 0) is 0 Å². The number of hydrogen-bond acceptors (Lipinski definition) is 2. The fourth-order valence-corrected chi connectivity index (χ4v) is 1.34. The summed E-state index contributed by atoms with van der Waals surface area (Å²) < 4.78 is 0. The minimum absolute atomic E-state index is 0.477. The zero-order valence-electron chi connectivity index (χ0n) is 8.59. The van der Waals surface area contributed by atoms with Crippen molar-refractivity contribution in [2.75, 3.05) is 11.9 Å². The molecule has 1 heterocycles. The normalized spacial score (nSPS) is 9.73. The van der Waals surface area contributed by atoms with Crippen LogP contribution in [0.15, 0.2) is 18.3 Å². The van der Waals surface area contributed by atoms with Gasteiger partial charge in [-0.05, 0) is 30.8 Å². The van der Waals surface area contributed by atoms with Crippen LogP contribution in [0.2, 0.25) is 5.15 Å². The molecule has 0 amide bonds. The van der Waals surface area contributed by atoms with Gasteiger partial charge in [-0.3, -0.25) is 0 Å². The van der Waals surface area contributed by atoms with E-state index in [0.717, 1.165) is 25.1 Å². The first-order chi connectivity index (χ1) is 7.22. The van der Waals surface area contributed by atoms with Crippen LogP contribution < -0.4 is 10.6 Å². The second-order valence-electron chi connectivity index (χ2n) is 3.10. The summed E-state index contributed by atoms with van der Waals surface area (Å²) in [6, 6.07) is 3.56. The van der Waals surface area contributed by atoms with Crippen LogP contribution in [-0.4, -0.2) is 16.6 Å². The fraction of sp³-hybridized carbons (Fsp3) is 0.400. The average Bonchev–Trinajstić information content (AvgIpc) is 2.22. The molecule has 1 aromatic heterocycles. The summed E-state index contributed by atoms with van der Waals surface area (Å²) in [4.78, 5) is 3.94. The summed E-state index contributed by atoms with van der Waals surface area (Å²) in [6.07, 6.45) is 3.91. The molecule has 5 heteroatoms. The van der Waals surface area contributed by atoms with Crippen LogP contribution in [0.1, 0.15) is 19.8 Å². The maximum Gasteiger partial charge on any atom is 0.170 e. The third kappa shape index (κ3) is 4.95. The van der Waals surface area contributed by atoms with Gasteiger partial charge in [-0.1, -0.05) is 24.9 Å². The molecule has 0 fully saturated rings. The number of nitrogens with one attached hydrogen (secondary N) is 2. The Hall–Kier alpha value is -0.870. The van der Waals surface area contributed by atoms with Crippen LogP contribution in [0.3, 0.4) is 0 Å². The molecule has 2 N–H and O–H groups in total. The van der Waals surface area contributed by atoms with Crippen molar-refractivity contribution in [1.29, 1.82) is 0 Å². The number of unbranched alkanes of at least 4 members (excludes halogenated alkanes) is 1. The Kier molecular flexibility index (Phi) is 5.36. The third-order valence-electron chi connectivity index (χ3n) is 1.80. The maximum atomic E-state index is 5.66. The molecule has 1 aromatic rings. The molecule has 0 spiro atoms. The molecule has 1 rings (SSSR count).